The number of carbonyl (C=O) groups excluding carboxylic acids is 2. The van der Waals surface area contributed by atoms with E-state index in [1.54, 1.807) is 0 Å². The smallest absolute Gasteiger partial charge is 0.249 e. The maximum absolute atomic E-state index is 12.8. The van der Waals surface area contributed by atoms with Crippen LogP contribution in [-0.2, 0) is 22.6 Å². The monoisotopic (exact) mass is 402 g/mol. The first-order valence-corrected chi connectivity index (χ1v) is 10.7. The molecule has 3 rings (SSSR count). The molecule has 0 bridgehead atoms. The van der Waals surface area contributed by atoms with Gasteiger partial charge in [0.15, 0.2) is 5.82 Å². The molecule has 1 aromatic rings. The fourth-order valence-corrected chi connectivity index (χ4v) is 4.10. The van der Waals surface area contributed by atoms with Crippen LogP contribution in [-0.4, -0.2) is 70.1 Å². The largest absolute Gasteiger partial charge is 0.345 e. The second-order valence-corrected chi connectivity index (χ2v) is 8.78. The van der Waals surface area contributed by atoms with Crippen LogP contribution in [0.2, 0.25) is 0 Å². The molecule has 0 spiro atoms. The number of likely N-dealkylation sites (N-methyl/N-ethyl adjacent to an activating group) is 1. The summed E-state index contributed by atoms with van der Waals surface area (Å²) in [5.41, 5.74) is 0.955. The Morgan fingerprint density at radius 1 is 1.17 bits per heavy atom. The van der Waals surface area contributed by atoms with Crippen molar-refractivity contribution in [1.29, 1.82) is 0 Å². The van der Waals surface area contributed by atoms with Crippen LogP contribution in [0.25, 0.3) is 0 Å². The summed E-state index contributed by atoms with van der Waals surface area (Å²) < 4.78 is 2.11. The number of nitrogens with zero attached hydrogens (tertiary/aromatic N) is 5. The van der Waals surface area contributed by atoms with Gasteiger partial charge in [-0.3, -0.25) is 9.59 Å². The van der Waals surface area contributed by atoms with Crippen molar-refractivity contribution < 1.29 is 9.59 Å². The fraction of sp³-hybridized carbons (Fsp3) is 0.714. The Labute approximate surface area is 173 Å². The lowest BCUT2D eigenvalue weighted by Gasteiger charge is -2.23. The zero-order valence-electron chi connectivity index (χ0n) is 18.1. The molecule has 0 aromatic carbocycles. The first kappa shape index (κ1) is 21.5. The molecule has 2 heterocycles. The average molecular weight is 403 g/mol. The molecule has 0 radical (unpaired) electrons. The van der Waals surface area contributed by atoms with Crippen LogP contribution in [0, 0.1) is 5.92 Å². The van der Waals surface area contributed by atoms with E-state index < -0.39 is 0 Å². The number of aromatic nitrogens is 3. The molecule has 2 amide bonds. The molecule has 1 N–H and O–H groups in total. The second kappa shape index (κ2) is 9.52. The molecule has 2 aliphatic rings. The van der Waals surface area contributed by atoms with E-state index in [0.29, 0.717) is 38.5 Å². The van der Waals surface area contributed by atoms with Gasteiger partial charge in [-0.1, -0.05) is 19.9 Å². The van der Waals surface area contributed by atoms with Crippen molar-refractivity contribution in [3.8, 4) is 0 Å². The lowest BCUT2D eigenvalue weighted by Crippen LogP contribution is -2.38. The highest BCUT2D eigenvalue weighted by Crippen LogP contribution is 2.24. The molecule has 0 fully saturated rings. The fourth-order valence-electron chi connectivity index (χ4n) is 4.10. The van der Waals surface area contributed by atoms with Gasteiger partial charge < -0.3 is 19.7 Å². The summed E-state index contributed by atoms with van der Waals surface area (Å²) >= 11 is 0. The molecular weight excluding hydrogens is 368 g/mol. The minimum Gasteiger partial charge on any atom is -0.345 e. The third-order valence-corrected chi connectivity index (χ3v) is 5.47. The van der Waals surface area contributed by atoms with Gasteiger partial charge in [0.2, 0.25) is 11.8 Å². The average Bonchev–Trinajstić information content (AvgIpc) is 3.26. The van der Waals surface area contributed by atoms with E-state index in [0.717, 1.165) is 42.9 Å². The number of rotatable bonds is 7. The third kappa shape index (κ3) is 5.44. The van der Waals surface area contributed by atoms with Crippen LogP contribution in [0.5, 0.6) is 0 Å². The Morgan fingerprint density at radius 2 is 1.97 bits per heavy atom. The molecule has 1 aromatic heterocycles. The van der Waals surface area contributed by atoms with E-state index in [1.807, 2.05) is 23.9 Å². The molecular formula is C21H34N6O2. The summed E-state index contributed by atoms with van der Waals surface area (Å²) in [5.74, 6) is 2.25. The highest BCUT2D eigenvalue weighted by molar-refractivity contribution is 5.93. The summed E-state index contributed by atoms with van der Waals surface area (Å²) in [5, 5.41) is 12.0. The quantitative estimate of drug-likeness (QED) is 0.748. The molecule has 8 heteroatoms. The number of hydrogen-bond acceptors (Lipinski definition) is 5. The van der Waals surface area contributed by atoms with Crippen LogP contribution in [0.15, 0.2) is 11.6 Å². The number of nitrogens with one attached hydrogen (secondary N) is 1. The van der Waals surface area contributed by atoms with E-state index in [9.17, 15) is 9.59 Å². The highest BCUT2D eigenvalue weighted by Gasteiger charge is 2.28. The second-order valence-electron chi connectivity index (χ2n) is 8.78. The van der Waals surface area contributed by atoms with Crippen molar-refractivity contribution in [3.63, 3.8) is 0 Å². The van der Waals surface area contributed by atoms with Crippen molar-refractivity contribution in [2.75, 3.05) is 33.7 Å². The standard InChI is InChI=1S/C21H34N6O2/c1-15(2)13-17(22-19(28)14-25(3)4)20-24-23-18-9-10-26(11-12-27(18)20)21(29)16-7-5-6-8-16/h7,15,17H,5-6,8-14H2,1-4H3,(H,22,28)/t17-/m1/s1. The van der Waals surface area contributed by atoms with E-state index in [1.165, 1.54) is 0 Å². The normalized spacial score (nSPS) is 17.9. The predicted octanol–water partition coefficient (Wildman–Crippen LogP) is 1.54. The highest BCUT2D eigenvalue weighted by atomic mass is 16.2. The Hall–Kier alpha value is -2.22. The van der Waals surface area contributed by atoms with Crippen LogP contribution in [0.3, 0.4) is 0 Å². The Balaban J connectivity index is 1.74. The van der Waals surface area contributed by atoms with Crippen LogP contribution < -0.4 is 5.32 Å². The molecule has 160 valence electrons. The number of carbonyl (C=O) groups is 2. The summed E-state index contributed by atoms with van der Waals surface area (Å²) in [6, 6.07) is -0.177. The number of amides is 2. The van der Waals surface area contributed by atoms with Gasteiger partial charge in [-0.05, 0) is 45.7 Å². The van der Waals surface area contributed by atoms with Gasteiger partial charge in [-0.2, -0.15) is 0 Å². The molecule has 8 nitrogen and oxygen atoms in total. The Bertz CT molecular complexity index is 767. The summed E-state index contributed by atoms with van der Waals surface area (Å²) in [4.78, 5) is 29.0. The van der Waals surface area contributed by atoms with Gasteiger partial charge in [-0.25, -0.2) is 0 Å². The van der Waals surface area contributed by atoms with Crippen molar-refractivity contribution in [3.05, 3.63) is 23.3 Å². The third-order valence-electron chi connectivity index (χ3n) is 5.47. The predicted molar refractivity (Wildman–Crippen MR) is 111 cm³/mol. The van der Waals surface area contributed by atoms with Crippen LogP contribution in [0.4, 0.5) is 0 Å². The summed E-state index contributed by atoms with van der Waals surface area (Å²) in [6.07, 6.45) is 6.54. The molecule has 0 saturated heterocycles. The maximum Gasteiger partial charge on any atom is 0.249 e. The van der Waals surface area contributed by atoms with E-state index in [2.05, 4.69) is 40.0 Å². The lowest BCUT2D eigenvalue weighted by atomic mass is 10.0. The lowest BCUT2D eigenvalue weighted by molar-refractivity contribution is -0.127. The maximum atomic E-state index is 12.8. The molecule has 1 aliphatic carbocycles. The van der Waals surface area contributed by atoms with E-state index in [-0.39, 0.29) is 17.9 Å². The number of hydrogen-bond donors (Lipinski definition) is 1. The van der Waals surface area contributed by atoms with Crippen molar-refractivity contribution in [2.24, 2.45) is 5.92 Å². The number of allylic oxidation sites excluding steroid dienone is 1. The first-order valence-electron chi connectivity index (χ1n) is 10.7. The SMILES string of the molecule is CC(C)C[C@@H](NC(=O)CN(C)C)c1nnc2n1CCN(C(=O)C1=CCCC1)CC2. The molecule has 1 atom stereocenters. The van der Waals surface area contributed by atoms with Gasteiger partial charge in [0.25, 0.3) is 0 Å². The zero-order chi connectivity index (χ0) is 21.0. The van der Waals surface area contributed by atoms with Gasteiger partial charge in [0.1, 0.15) is 5.82 Å². The van der Waals surface area contributed by atoms with Crippen LogP contribution >= 0.6 is 0 Å². The topological polar surface area (TPSA) is 83.4 Å². The van der Waals surface area contributed by atoms with E-state index >= 15 is 0 Å². The van der Waals surface area contributed by atoms with Gasteiger partial charge >= 0.3 is 0 Å². The molecule has 0 unspecified atom stereocenters. The summed E-state index contributed by atoms with van der Waals surface area (Å²) in [6.45, 7) is 6.59. The Kier molecular flexibility index (Phi) is 7.05. The number of fused-ring (bicyclic) bond motifs is 1. The molecule has 0 saturated carbocycles. The zero-order valence-corrected chi connectivity index (χ0v) is 18.1. The van der Waals surface area contributed by atoms with Gasteiger partial charge in [0, 0.05) is 31.6 Å². The van der Waals surface area contributed by atoms with Crippen molar-refractivity contribution in [1.82, 2.24) is 29.9 Å². The Morgan fingerprint density at radius 3 is 2.62 bits per heavy atom. The first-order chi connectivity index (χ1) is 13.8. The molecule has 1 aliphatic heterocycles. The van der Waals surface area contributed by atoms with Gasteiger partial charge in [-0.15, -0.1) is 10.2 Å². The van der Waals surface area contributed by atoms with Crippen molar-refractivity contribution >= 4 is 11.8 Å². The minimum absolute atomic E-state index is 0.0170. The van der Waals surface area contributed by atoms with Crippen molar-refractivity contribution in [2.45, 2.75) is 58.5 Å². The molecule has 29 heavy (non-hydrogen) atoms. The minimum atomic E-state index is -0.177. The summed E-state index contributed by atoms with van der Waals surface area (Å²) in [7, 11) is 3.76. The van der Waals surface area contributed by atoms with Gasteiger partial charge in [0.05, 0.1) is 12.6 Å². The van der Waals surface area contributed by atoms with E-state index in [4.69, 9.17) is 0 Å². The van der Waals surface area contributed by atoms with Crippen LogP contribution in [0.1, 0.15) is 57.2 Å².